The number of ether oxygens (including phenoxy) is 2. The SMILES string of the molecule is COC(=O)N[C@H](C(=O)N1CCC[C@H]1c1ncc(-c2ccc(-c3ccc(-c4cnc([C@@H]5CCCN5C(=O)[C@H](NC(=O)OC)C(C)C)[nH]4)c4c3C3C=CC4N3C)cc2)[nH]1)C(C)C. The van der Waals surface area contributed by atoms with Crippen LogP contribution in [0.4, 0.5) is 9.59 Å². The average molecular weight is 818 g/mol. The fourth-order valence-electron chi connectivity index (χ4n) is 9.53. The number of nitrogens with zero attached hydrogens (tertiary/aromatic N) is 5. The number of likely N-dealkylation sites (N-methyl/N-ethyl adjacent to an activating group) is 1. The molecule has 2 fully saturated rings. The molecule has 2 bridgehead atoms. The number of hydrogen-bond acceptors (Lipinski definition) is 9. The number of aromatic amines is 2. The molecule has 6 atom stereocenters. The van der Waals surface area contributed by atoms with Crippen LogP contribution < -0.4 is 10.6 Å². The summed E-state index contributed by atoms with van der Waals surface area (Å²) in [4.78, 5) is 74.3. The Morgan fingerprint density at radius 1 is 0.667 bits per heavy atom. The Hall–Kier alpha value is -5.96. The first-order valence-electron chi connectivity index (χ1n) is 21.0. The number of carbonyl (C=O) groups is 4. The zero-order valence-corrected chi connectivity index (χ0v) is 35.3. The van der Waals surface area contributed by atoms with Gasteiger partial charge in [0.25, 0.3) is 0 Å². The number of rotatable bonds is 11. The molecule has 60 heavy (non-hydrogen) atoms. The van der Waals surface area contributed by atoms with Crippen LogP contribution >= 0.6 is 0 Å². The van der Waals surface area contributed by atoms with Gasteiger partial charge < -0.3 is 39.9 Å². The molecule has 0 aliphatic carbocycles. The first kappa shape index (κ1) is 40.8. The minimum absolute atomic E-state index is 0.111. The molecule has 4 amide bonds. The maximum Gasteiger partial charge on any atom is 0.407 e. The van der Waals surface area contributed by atoms with Gasteiger partial charge in [-0.3, -0.25) is 14.5 Å². The first-order valence-corrected chi connectivity index (χ1v) is 21.0. The van der Waals surface area contributed by atoms with Gasteiger partial charge in [0.05, 0.1) is 62.2 Å². The molecular weight excluding hydrogens is 763 g/mol. The molecule has 8 rings (SSSR count). The van der Waals surface area contributed by atoms with Crippen molar-refractivity contribution >= 4 is 24.0 Å². The van der Waals surface area contributed by atoms with Crippen LogP contribution in [0, 0.1) is 11.8 Å². The van der Waals surface area contributed by atoms with Crippen LogP contribution in [0.25, 0.3) is 33.6 Å². The predicted octanol–water partition coefficient (Wildman–Crippen LogP) is 6.82. The molecule has 6 heterocycles. The van der Waals surface area contributed by atoms with Gasteiger partial charge in [0.1, 0.15) is 23.7 Å². The summed E-state index contributed by atoms with van der Waals surface area (Å²) >= 11 is 0. The second-order valence-corrected chi connectivity index (χ2v) is 17.0. The number of amides is 4. The predicted molar refractivity (Wildman–Crippen MR) is 225 cm³/mol. The van der Waals surface area contributed by atoms with Crippen LogP contribution in [-0.4, -0.2) is 105 Å². The van der Waals surface area contributed by atoms with E-state index in [0.717, 1.165) is 65.4 Å². The molecule has 15 heteroatoms. The van der Waals surface area contributed by atoms with Crippen molar-refractivity contribution < 1.29 is 28.7 Å². The van der Waals surface area contributed by atoms with Gasteiger partial charge in [0.2, 0.25) is 11.8 Å². The highest BCUT2D eigenvalue weighted by Gasteiger charge is 2.43. The molecule has 4 aliphatic rings. The van der Waals surface area contributed by atoms with Gasteiger partial charge in [-0.2, -0.15) is 0 Å². The Kier molecular flexibility index (Phi) is 11.3. The summed E-state index contributed by atoms with van der Waals surface area (Å²) in [5, 5.41) is 5.44. The smallest absolute Gasteiger partial charge is 0.407 e. The Bertz CT molecular complexity index is 2300. The van der Waals surface area contributed by atoms with Crippen molar-refractivity contribution in [3.8, 4) is 33.6 Å². The largest absolute Gasteiger partial charge is 0.453 e. The van der Waals surface area contributed by atoms with Crippen molar-refractivity contribution in [1.82, 2.24) is 45.3 Å². The third kappa shape index (κ3) is 7.33. The molecule has 4 aromatic rings. The molecule has 2 saturated heterocycles. The highest BCUT2D eigenvalue weighted by Crippen LogP contribution is 2.54. The van der Waals surface area contributed by atoms with Gasteiger partial charge in [-0.1, -0.05) is 76.2 Å². The summed E-state index contributed by atoms with van der Waals surface area (Å²) in [7, 11) is 4.75. The van der Waals surface area contributed by atoms with Gasteiger partial charge >= 0.3 is 12.2 Å². The second-order valence-electron chi connectivity index (χ2n) is 17.0. The molecule has 4 aliphatic heterocycles. The van der Waals surface area contributed by atoms with E-state index in [0.29, 0.717) is 13.1 Å². The summed E-state index contributed by atoms with van der Waals surface area (Å²) in [6.07, 6.45) is 10.2. The van der Waals surface area contributed by atoms with Crippen molar-refractivity contribution in [2.75, 3.05) is 34.4 Å². The van der Waals surface area contributed by atoms with E-state index < -0.39 is 24.3 Å². The van der Waals surface area contributed by atoms with Gasteiger partial charge in [-0.05, 0) is 72.4 Å². The third-order valence-electron chi connectivity index (χ3n) is 12.7. The van der Waals surface area contributed by atoms with Crippen LogP contribution in [0.2, 0.25) is 0 Å². The van der Waals surface area contributed by atoms with Gasteiger partial charge in [0, 0.05) is 18.7 Å². The molecule has 2 aromatic heterocycles. The Labute approximate surface area is 350 Å². The molecule has 2 aromatic carbocycles. The minimum atomic E-state index is -0.700. The summed E-state index contributed by atoms with van der Waals surface area (Å²) < 4.78 is 9.59. The number of benzene rings is 2. The van der Waals surface area contributed by atoms with Crippen molar-refractivity contribution in [1.29, 1.82) is 0 Å². The number of fused-ring (bicyclic) bond motifs is 5. The number of hydrogen-bond donors (Lipinski definition) is 4. The number of H-pyrrole nitrogens is 2. The van der Waals surface area contributed by atoms with E-state index in [9.17, 15) is 19.2 Å². The minimum Gasteiger partial charge on any atom is -0.453 e. The van der Waals surface area contributed by atoms with Crippen molar-refractivity contribution in [2.24, 2.45) is 11.8 Å². The number of carbonyl (C=O) groups excluding carboxylic acids is 4. The molecule has 4 N–H and O–H groups in total. The van der Waals surface area contributed by atoms with E-state index in [1.165, 1.54) is 30.9 Å². The van der Waals surface area contributed by atoms with E-state index in [-0.39, 0.29) is 47.8 Å². The molecule has 15 nitrogen and oxygen atoms in total. The van der Waals surface area contributed by atoms with E-state index in [2.05, 4.69) is 81.1 Å². The van der Waals surface area contributed by atoms with Crippen LogP contribution in [0.3, 0.4) is 0 Å². The lowest BCUT2D eigenvalue weighted by molar-refractivity contribution is -0.136. The molecule has 316 valence electrons. The van der Waals surface area contributed by atoms with Crippen molar-refractivity contribution in [2.45, 2.75) is 89.6 Å². The molecule has 0 spiro atoms. The van der Waals surface area contributed by atoms with E-state index in [1.54, 1.807) is 0 Å². The number of aromatic nitrogens is 4. The molecule has 0 radical (unpaired) electrons. The Balaban J connectivity index is 1.03. The number of nitrogens with one attached hydrogen (secondary N) is 4. The van der Waals surface area contributed by atoms with E-state index in [1.807, 2.05) is 49.9 Å². The highest BCUT2D eigenvalue weighted by molar-refractivity contribution is 5.87. The summed E-state index contributed by atoms with van der Waals surface area (Å²) in [5.74, 6) is 0.962. The number of methoxy groups -OCH3 is 2. The molecule has 0 saturated carbocycles. The lowest BCUT2D eigenvalue weighted by atomic mass is 9.85. The Morgan fingerprint density at radius 3 is 1.62 bits per heavy atom. The maximum atomic E-state index is 13.8. The lowest BCUT2D eigenvalue weighted by Gasteiger charge is -2.30. The van der Waals surface area contributed by atoms with Gasteiger partial charge in [-0.25, -0.2) is 19.6 Å². The zero-order chi connectivity index (χ0) is 42.4. The second kappa shape index (κ2) is 16.6. The van der Waals surface area contributed by atoms with Crippen LogP contribution in [-0.2, 0) is 19.1 Å². The monoisotopic (exact) mass is 817 g/mol. The Morgan fingerprint density at radius 2 is 1.12 bits per heavy atom. The number of imidazole rings is 2. The van der Waals surface area contributed by atoms with E-state index >= 15 is 0 Å². The fraction of sp³-hybridized carbons (Fsp3) is 0.467. The lowest BCUT2D eigenvalue weighted by Crippen LogP contribution is -2.51. The first-order chi connectivity index (χ1) is 28.9. The molecular formula is C45H55N9O6. The van der Waals surface area contributed by atoms with Crippen LogP contribution in [0.5, 0.6) is 0 Å². The summed E-state index contributed by atoms with van der Waals surface area (Å²) in [6, 6.07) is 11.3. The molecule has 2 unspecified atom stereocenters. The normalized spacial score (nSPS) is 21.8. The summed E-state index contributed by atoms with van der Waals surface area (Å²) in [5.41, 5.74) is 8.63. The number of alkyl carbamates (subject to hydrolysis) is 2. The summed E-state index contributed by atoms with van der Waals surface area (Å²) in [6.45, 7) is 8.82. The average Bonchev–Trinajstić information content (AvgIpc) is 4.12. The van der Waals surface area contributed by atoms with Gasteiger partial charge in [0.15, 0.2) is 0 Å². The van der Waals surface area contributed by atoms with Crippen molar-refractivity contribution in [3.63, 3.8) is 0 Å². The van der Waals surface area contributed by atoms with Crippen molar-refractivity contribution in [3.05, 3.63) is 83.7 Å². The zero-order valence-electron chi connectivity index (χ0n) is 35.3. The van der Waals surface area contributed by atoms with Crippen LogP contribution in [0.1, 0.15) is 100 Å². The quantitative estimate of drug-likeness (QED) is 0.118. The standard InChI is InChI=1S/C45H55N9O6/c1-24(2)38(50-44(57)59-6)42(55)53-20-8-10-34(53)40-46-22-30(48-40)27-14-12-26(13-15-27)28-16-17-29(37-33-19-18-32(36(28)37)52(33)5)31-23-47-41(49-31)35-11-9-21-54(35)43(56)39(25(3)4)51-45(58)60-7/h12-19,22-25,32-35,38-39H,8-11,20-21H2,1-7H3,(H,46,48)(H,47,49)(H,50,57)(H,51,58)/t32?,33?,34-,35-,38-,39+/m0/s1. The maximum absolute atomic E-state index is 13.8. The highest BCUT2D eigenvalue weighted by atomic mass is 16.5. The van der Waals surface area contributed by atoms with E-state index in [4.69, 9.17) is 19.4 Å². The van der Waals surface area contributed by atoms with Crippen LogP contribution in [0.15, 0.2) is 60.9 Å². The fourth-order valence-corrected chi connectivity index (χ4v) is 9.53. The van der Waals surface area contributed by atoms with Gasteiger partial charge in [-0.15, -0.1) is 0 Å². The third-order valence-corrected chi connectivity index (χ3v) is 12.7. The number of likely N-dealkylation sites (tertiary alicyclic amines) is 2. The topological polar surface area (TPSA) is 178 Å².